The highest BCUT2D eigenvalue weighted by molar-refractivity contribution is 7.41. The van der Waals surface area contributed by atoms with E-state index in [2.05, 4.69) is 5.32 Å². The van der Waals surface area contributed by atoms with Gasteiger partial charge in [0.05, 0.1) is 12.1 Å². The molecule has 13 heteroatoms. The van der Waals surface area contributed by atoms with Crippen LogP contribution in [-0.2, 0) is 37.3 Å². The molecule has 0 spiro atoms. The Hall–Kier alpha value is -7.46. The number of carbonyl (C=O) groups excluding carboxylic acids is 3. The maximum absolute atomic E-state index is 14.5. The average Bonchev–Trinajstić information content (AvgIpc) is 3.53. The zero-order valence-electron chi connectivity index (χ0n) is 43.0. The number of fused-ring (bicyclic) bond motifs is 1. The standard InChI is InChI=1S/C61H60ClN2O9P/c1-37-30-40(4)54(52(31-37)73-56-42(6)41(5)55(70-35-43-19-11-9-12-20-43)57(58(56)74(68)69)71-36-44-21-13-10-14-22-44)61(7,8)34-53(65)72-51-24-17-29-64(50-28-25-45(62)33-49(50)51)60(67)48-27-26-46(32-39(48)3)63-59(66)47-23-16-15-18-38(47)2/h9-16,18-23,25-28,30-33,51H,17,24,29,34-36H2,1-8H3,(H,63,66). The molecule has 380 valence electrons. The molecule has 0 fully saturated rings. The molecule has 0 saturated carbocycles. The molecule has 2 amide bonds. The largest absolute Gasteiger partial charge is 0.485 e. The fourth-order valence-electron chi connectivity index (χ4n) is 9.82. The lowest BCUT2D eigenvalue weighted by molar-refractivity contribution is -0.151. The quantitative estimate of drug-likeness (QED) is 0.0740. The summed E-state index contributed by atoms with van der Waals surface area (Å²) in [7, 11) is -3.31. The fourth-order valence-corrected chi connectivity index (χ4v) is 10.7. The summed E-state index contributed by atoms with van der Waals surface area (Å²) in [4.78, 5) is 43.7. The monoisotopic (exact) mass is 1030 g/mol. The number of halogens is 1. The van der Waals surface area contributed by atoms with E-state index in [9.17, 15) is 23.5 Å². The molecule has 1 heterocycles. The van der Waals surface area contributed by atoms with Crippen LogP contribution in [0, 0.1) is 41.5 Å². The third-order valence-corrected chi connectivity index (χ3v) is 14.5. The second kappa shape index (κ2) is 22.8. The number of hydrogen-bond donors (Lipinski definition) is 1. The minimum Gasteiger partial charge on any atom is -0.485 e. The first kappa shape index (κ1) is 52.9. The number of benzene rings is 7. The van der Waals surface area contributed by atoms with Crippen LogP contribution in [0.1, 0.15) is 116 Å². The van der Waals surface area contributed by atoms with Crippen molar-refractivity contribution < 1.29 is 42.5 Å². The summed E-state index contributed by atoms with van der Waals surface area (Å²) in [6.07, 6.45) is 0.151. The second-order valence-corrected chi connectivity index (χ2v) is 21.0. The number of esters is 1. The SMILES string of the molecule is Cc1cc(C)c(C(C)(C)CC(=O)OC2CCCN(C(=O)c3ccc(NC(=O)c4ccccc4C)cc3C)c3ccc(Cl)cc32)c(Oc2c(C)c(C)c(OCc3ccccc3)c(OCc3ccccc3)c2P(=O)=O)c1. The maximum Gasteiger partial charge on any atom is 0.356 e. The zero-order valence-corrected chi connectivity index (χ0v) is 44.6. The van der Waals surface area contributed by atoms with Gasteiger partial charge in [0, 0.05) is 50.5 Å². The van der Waals surface area contributed by atoms with E-state index in [1.54, 1.807) is 54.3 Å². The number of nitrogens with zero attached hydrogens (tertiary/aromatic N) is 1. The lowest BCUT2D eigenvalue weighted by Gasteiger charge is -2.30. The molecule has 7 aromatic carbocycles. The fraction of sp³-hybridized carbons (Fsp3) is 0.262. The van der Waals surface area contributed by atoms with Crippen molar-refractivity contribution in [1.29, 1.82) is 0 Å². The highest BCUT2D eigenvalue weighted by atomic mass is 35.5. The van der Waals surface area contributed by atoms with Crippen molar-refractivity contribution in [2.75, 3.05) is 16.8 Å². The molecule has 1 N–H and O–H groups in total. The number of rotatable bonds is 16. The summed E-state index contributed by atoms with van der Waals surface area (Å²) in [5, 5.41) is 3.22. The van der Waals surface area contributed by atoms with Crippen LogP contribution in [0.15, 0.2) is 133 Å². The van der Waals surface area contributed by atoms with E-state index in [0.29, 0.717) is 86.2 Å². The van der Waals surface area contributed by atoms with Crippen LogP contribution < -0.4 is 29.7 Å². The molecular weight excluding hydrogens is 971 g/mol. The van der Waals surface area contributed by atoms with Gasteiger partial charge >= 0.3 is 13.6 Å². The van der Waals surface area contributed by atoms with Crippen LogP contribution in [0.5, 0.6) is 23.0 Å². The first-order valence-corrected chi connectivity index (χ1v) is 26.2. The smallest absolute Gasteiger partial charge is 0.356 e. The predicted molar refractivity (Wildman–Crippen MR) is 291 cm³/mol. The molecule has 11 nitrogen and oxygen atoms in total. The van der Waals surface area contributed by atoms with Crippen LogP contribution in [0.3, 0.4) is 0 Å². The number of ether oxygens (including phenoxy) is 4. The molecule has 1 unspecified atom stereocenters. The Balaban J connectivity index is 1.06. The van der Waals surface area contributed by atoms with E-state index in [1.165, 1.54) is 0 Å². The average molecular weight is 1030 g/mol. The van der Waals surface area contributed by atoms with Gasteiger partial charge in [0.15, 0.2) is 22.6 Å². The van der Waals surface area contributed by atoms with Crippen LogP contribution in [0.2, 0.25) is 5.02 Å². The Labute approximate surface area is 438 Å². The summed E-state index contributed by atoms with van der Waals surface area (Å²) in [6.45, 7) is 15.7. The van der Waals surface area contributed by atoms with E-state index in [-0.39, 0.29) is 48.3 Å². The molecule has 1 atom stereocenters. The topological polar surface area (TPSA) is 138 Å². The third kappa shape index (κ3) is 11.8. The van der Waals surface area contributed by atoms with E-state index >= 15 is 0 Å². The van der Waals surface area contributed by atoms with Gasteiger partial charge in [-0.2, -0.15) is 0 Å². The van der Waals surface area contributed by atoms with Gasteiger partial charge in [0.2, 0.25) is 0 Å². The van der Waals surface area contributed by atoms with Crippen molar-refractivity contribution in [2.45, 2.75) is 99.4 Å². The van der Waals surface area contributed by atoms with Crippen molar-refractivity contribution in [2.24, 2.45) is 0 Å². The maximum atomic E-state index is 14.5. The van der Waals surface area contributed by atoms with E-state index in [0.717, 1.165) is 27.8 Å². The van der Waals surface area contributed by atoms with Crippen molar-refractivity contribution >= 4 is 53.7 Å². The minimum absolute atomic E-state index is 0.0458. The molecule has 0 saturated heterocycles. The highest BCUT2D eigenvalue weighted by Gasteiger charge is 2.36. The molecule has 1 aliphatic rings. The Morgan fingerprint density at radius 1 is 0.689 bits per heavy atom. The van der Waals surface area contributed by atoms with Gasteiger partial charge in [-0.05, 0) is 142 Å². The molecule has 0 radical (unpaired) electrons. The van der Waals surface area contributed by atoms with Gasteiger partial charge in [-0.3, -0.25) is 14.4 Å². The molecule has 0 bridgehead atoms. The number of carbonyl (C=O) groups is 3. The van der Waals surface area contributed by atoms with Crippen LogP contribution in [-0.4, -0.2) is 24.3 Å². The Bertz CT molecular complexity index is 3330. The molecule has 0 aromatic heterocycles. The highest BCUT2D eigenvalue weighted by Crippen LogP contribution is 2.47. The van der Waals surface area contributed by atoms with E-state index in [4.69, 9.17) is 30.5 Å². The number of hydrogen-bond acceptors (Lipinski definition) is 9. The first-order chi connectivity index (χ1) is 35.4. The number of aryl methyl sites for hydroxylation is 4. The number of anilines is 2. The second-order valence-electron chi connectivity index (χ2n) is 19.6. The van der Waals surface area contributed by atoms with E-state index in [1.807, 2.05) is 139 Å². The number of nitrogens with one attached hydrogen (secondary N) is 1. The first-order valence-electron chi connectivity index (χ1n) is 24.6. The Kier molecular flexibility index (Phi) is 16.2. The van der Waals surface area contributed by atoms with Crippen LogP contribution >= 0.6 is 19.3 Å². The summed E-state index contributed by atoms with van der Waals surface area (Å²) >= 11 is 6.63. The van der Waals surface area contributed by atoms with Gasteiger partial charge in [-0.25, -0.2) is 9.13 Å². The van der Waals surface area contributed by atoms with Gasteiger partial charge in [-0.15, -0.1) is 0 Å². The summed E-state index contributed by atoms with van der Waals surface area (Å²) in [5.74, 6) is -0.140. The van der Waals surface area contributed by atoms with Crippen molar-refractivity contribution in [3.05, 3.63) is 205 Å². The van der Waals surface area contributed by atoms with Gasteiger partial charge in [0.25, 0.3) is 11.8 Å². The summed E-state index contributed by atoms with van der Waals surface area (Å²) in [5.41, 5.74) is 8.73. The minimum atomic E-state index is -3.31. The van der Waals surface area contributed by atoms with Gasteiger partial charge in [0.1, 0.15) is 25.1 Å². The Morgan fingerprint density at radius 2 is 1.32 bits per heavy atom. The molecule has 74 heavy (non-hydrogen) atoms. The zero-order chi connectivity index (χ0) is 52.8. The lowest BCUT2D eigenvalue weighted by atomic mass is 9.78. The van der Waals surface area contributed by atoms with Gasteiger partial charge in [-0.1, -0.05) is 110 Å². The van der Waals surface area contributed by atoms with Crippen LogP contribution in [0.25, 0.3) is 0 Å². The van der Waals surface area contributed by atoms with E-state index < -0.39 is 25.2 Å². The van der Waals surface area contributed by atoms with Crippen molar-refractivity contribution in [1.82, 2.24) is 0 Å². The van der Waals surface area contributed by atoms with Crippen molar-refractivity contribution in [3.63, 3.8) is 0 Å². The molecule has 7 aromatic rings. The van der Waals surface area contributed by atoms with Crippen LogP contribution in [0.4, 0.5) is 11.4 Å². The molecule has 1 aliphatic heterocycles. The number of amides is 2. The van der Waals surface area contributed by atoms with Crippen molar-refractivity contribution in [3.8, 4) is 23.0 Å². The van der Waals surface area contributed by atoms with Gasteiger partial charge < -0.3 is 29.2 Å². The molecular formula is C61H60ClN2O9P. The normalized spacial score (nSPS) is 13.3. The third-order valence-electron chi connectivity index (χ3n) is 13.5. The lowest BCUT2D eigenvalue weighted by Crippen LogP contribution is -2.32. The summed E-state index contributed by atoms with van der Waals surface area (Å²) < 4.78 is 53.2. The summed E-state index contributed by atoms with van der Waals surface area (Å²) in [6, 6.07) is 40.7. The Morgan fingerprint density at radius 3 is 1.97 bits per heavy atom. The predicted octanol–water partition coefficient (Wildman–Crippen LogP) is 14.6. The molecule has 0 aliphatic carbocycles. The molecule has 8 rings (SSSR count).